The minimum Gasteiger partial charge on any atom is -0.444 e. The summed E-state index contributed by atoms with van der Waals surface area (Å²) in [6.07, 6.45) is -0.0236. The van der Waals surface area contributed by atoms with E-state index in [9.17, 15) is 14.4 Å². The lowest BCUT2D eigenvalue weighted by molar-refractivity contribution is -0.142. The van der Waals surface area contributed by atoms with Crippen LogP contribution in [0.25, 0.3) is 0 Å². The smallest absolute Gasteiger partial charge is 0.408 e. The van der Waals surface area contributed by atoms with Gasteiger partial charge in [-0.15, -0.1) is 0 Å². The molecule has 0 heterocycles. The molecule has 0 radical (unpaired) electrons. The average molecular weight is 482 g/mol. The molecule has 2 unspecified atom stereocenters. The van der Waals surface area contributed by atoms with E-state index in [0.29, 0.717) is 19.5 Å². The molecule has 0 fully saturated rings. The van der Waals surface area contributed by atoms with Gasteiger partial charge in [-0.1, -0.05) is 61.0 Å². The molecule has 0 aromatic heterocycles. The minimum atomic E-state index is -0.869. The molecule has 2 rings (SSSR count). The second-order valence-electron chi connectivity index (χ2n) is 9.87. The molecule has 2 atom stereocenters. The maximum absolute atomic E-state index is 13.6. The normalized spacial score (nSPS) is 12.9. The molecule has 0 aliphatic carbocycles. The first kappa shape index (κ1) is 27.9. The fourth-order valence-electron chi connectivity index (χ4n) is 3.87. The first-order valence-electron chi connectivity index (χ1n) is 12.1. The monoisotopic (exact) mass is 481 g/mol. The van der Waals surface area contributed by atoms with E-state index in [0.717, 1.165) is 22.3 Å². The molecule has 0 bridgehead atoms. The highest BCUT2D eigenvalue weighted by Gasteiger charge is 2.35. The van der Waals surface area contributed by atoms with E-state index in [4.69, 9.17) is 4.74 Å². The van der Waals surface area contributed by atoms with Gasteiger partial charge in [-0.3, -0.25) is 9.59 Å². The Hall–Kier alpha value is -3.35. The lowest BCUT2D eigenvalue weighted by Gasteiger charge is -2.34. The molecule has 190 valence electrons. The number of rotatable bonds is 9. The second kappa shape index (κ2) is 12.4. The molecule has 7 heteroatoms. The summed E-state index contributed by atoms with van der Waals surface area (Å²) in [5.41, 5.74) is 3.03. The standard InChI is InChI=1S/C28H39N3O4/c1-8-16-31(26(33)21(4)30-27(34)35-28(5,6)7)24(23-15-14-19(2)17-20(23)3)25(32)29-18-22-12-10-9-11-13-22/h9-15,17,21,24H,8,16,18H2,1-7H3,(H,29,32)(H,30,34). The van der Waals surface area contributed by atoms with Gasteiger partial charge in [0, 0.05) is 13.1 Å². The number of nitrogens with one attached hydrogen (secondary N) is 2. The number of hydrogen-bond donors (Lipinski definition) is 2. The zero-order valence-electron chi connectivity index (χ0n) is 22.0. The zero-order valence-corrected chi connectivity index (χ0v) is 22.0. The Morgan fingerprint density at radius 1 is 1.03 bits per heavy atom. The summed E-state index contributed by atoms with van der Waals surface area (Å²) in [7, 11) is 0. The Morgan fingerprint density at radius 2 is 1.69 bits per heavy atom. The third kappa shape index (κ3) is 8.42. The number of carbonyl (C=O) groups excluding carboxylic acids is 3. The van der Waals surface area contributed by atoms with Crippen LogP contribution in [0.15, 0.2) is 48.5 Å². The third-order valence-corrected chi connectivity index (χ3v) is 5.44. The van der Waals surface area contributed by atoms with Crippen LogP contribution in [0.5, 0.6) is 0 Å². The van der Waals surface area contributed by atoms with Crippen LogP contribution in [0.2, 0.25) is 0 Å². The van der Waals surface area contributed by atoms with Crippen LogP contribution in [-0.2, 0) is 20.9 Å². The van der Waals surface area contributed by atoms with Crippen molar-refractivity contribution in [3.63, 3.8) is 0 Å². The van der Waals surface area contributed by atoms with Gasteiger partial charge in [-0.05, 0) is 64.7 Å². The van der Waals surface area contributed by atoms with Crippen molar-refractivity contribution in [1.29, 1.82) is 0 Å². The molecule has 2 aromatic carbocycles. The van der Waals surface area contributed by atoms with E-state index in [1.54, 1.807) is 32.6 Å². The molecule has 2 aromatic rings. The van der Waals surface area contributed by atoms with Crippen molar-refractivity contribution in [2.75, 3.05) is 6.54 Å². The van der Waals surface area contributed by atoms with Gasteiger partial charge in [0.1, 0.15) is 17.7 Å². The highest BCUT2D eigenvalue weighted by Crippen LogP contribution is 2.27. The lowest BCUT2D eigenvalue weighted by atomic mass is 9.96. The number of hydrogen-bond acceptors (Lipinski definition) is 4. The second-order valence-corrected chi connectivity index (χ2v) is 9.87. The number of carbonyl (C=O) groups is 3. The van der Waals surface area contributed by atoms with E-state index in [-0.39, 0.29) is 11.8 Å². The SMILES string of the molecule is CCCN(C(=O)C(C)NC(=O)OC(C)(C)C)C(C(=O)NCc1ccccc1)c1ccc(C)cc1C. The molecular weight excluding hydrogens is 442 g/mol. The van der Waals surface area contributed by atoms with Crippen LogP contribution in [0, 0.1) is 13.8 Å². The summed E-state index contributed by atoms with van der Waals surface area (Å²) in [5, 5.41) is 5.62. The molecule has 0 saturated carbocycles. The molecule has 0 aliphatic rings. The summed E-state index contributed by atoms with van der Waals surface area (Å²) < 4.78 is 5.31. The van der Waals surface area contributed by atoms with Gasteiger partial charge < -0.3 is 20.3 Å². The molecule has 2 N–H and O–H groups in total. The van der Waals surface area contributed by atoms with Crippen LogP contribution >= 0.6 is 0 Å². The van der Waals surface area contributed by atoms with Crippen LogP contribution < -0.4 is 10.6 Å². The van der Waals surface area contributed by atoms with E-state index < -0.39 is 23.8 Å². The van der Waals surface area contributed by atoms with Gasteiger partial charge in [0.2, 0.25) is 11.8 Å². The number of nitrogens with zero attached hydrogens (tertiary/aromatic N) is 1. The minimum absolute atomic E-state index is 0.271. The molecule has 0 aliphatic heterocycles. The van der Waals surface area contributed by atoms with Gasteiger partial charge in [-0.25, -0.2) is 4.79 Å². The number of ether oxygens (including phenoxy) is 1. The zero-order chi connectivity index (χ0) is 26.2. The average Bonchev–Trinajstić information content (AvgIpc) is 2.77. The third-order valence-electron chi connectivity index (χ3n) is 5.44. The Morgan fingerprint density at radius 3 is 2.26 bits per heavy atom. The molecule has 0 spiro atoms. The van der Waals surface area contributed by atoms with Crippen LogP contribution in [0.1, 0.15) is 69.3 Å². The predicted molar refractivity (Wildman–Crippen MR) is 138 cm³/mol. The quantitative estimate of drug-likeness (QED) is 0.538. The topological polar surface area (TPSA) is 87.7 Å². The van der Waals surface area contributed by atoms with Crippen molar-refractivity contribution < 1.29 is 19.1 Å². The summed E-state index contributed by atoms with van der Waals surface area (Å²) in [5.74, 6) is -0.621. The van der Waals surface area contributed by atoms with Gasteiger partial charge >= 0.3 is 6.09 Å². The van der Waals surface area contributed by atoms with Crippen molar-refractivity contribution in [2.45, 2.75) is 79.1 Å². The molecule has 35 heavy (non-hydrogen) atoms. The van der Waals surface area contributed by atoms with Crippen molar-refractivity contribution in [3.8, 4) is 0 Å². The Labute approximate surface area is 209 Å². The van der Waals surface area contributed by atoms with Gasteiger partial charge in [0.15, 0.2) is 0 Å². The fraction of sp³-hybridized carbons (Fsp3) is 0.464. The van der Waals surface area contributed by atoms with E-state index >= 15 is 0 Å². The Balaban J connectivity index is 2.36. The van der Waals surface area contributed by atoms with Crippen molar-refractivity contribution in [2.24, 2.45) is 0 Å². The van der Waals surface area contributed by atoms with Crippen molar-refractivity contribution >= 4 is 17.9 Å². The molecule has 7 nitrogen and oxygen atoms in total. The Bertz CT molecular complexity index is 1010. The largest absolute Gasteiger partial charge is 0.444 e. The molecule has 0 saturated heterocycles. The summed E-state index contributed by atoms with van der Waals surface area (Å²) in [6, 6.07) is 13.8. The highest BCUT2D eigenvalue weighted by molar-refractivity contribution is 5.92. The van der Waals surface area contributed by atoms with E-state index in [2.05, 4.69) is 10.6 Å². The van der Waals surface area contributed by atoms with Crippen molar-refractivity contribution in [1.82, 2.24) is 15.5 Å². The van der Waals surface area contributed by atoms with Gasteiger partial charge in [-0.2, -0.15) is 0 Å². The first-order chi connectivity index (χ1) is 16.4. The maximum Gasteiger partial charge on any atom is 0.408 e. The van der Waals surface area contributed by atoms with Gasteiger partial charge in [0.05, 0.1) is 0 Å². The van der Waals surface area contributed by atoms with Gasteiger partial charge in [0.25, 0.3) is 0 Å². The number of aryl methyl sites for hydroxylation is 2. The lowest BCUT2D eigenvalue weighted by Crippen LogP contribution is -2.52. The maximum atomic E-state index is 13.6. The molecular formula is C28H39N3O4. The first-order valence-corrected chi connectivity index (χ1v) is 12.1. The van der Waals surface area contributed by atoms with E-state index in [1.165, 1.54) is 0 Å². The van der Waals surface area contributed by atoms with Crippen LogP contribution in [-0.4, -0.2) is 41.0 Å². The highest BCUT2D eigenvalue weighted by atomic mass is 16.6. The number of alkyl carbamates (subject to hydrolysis) is 1. The summed E-state index contributed by atoms with van der Waals surface area (Å²) in [4.78, 5) is 41.0. The van der Waals surface area contributed by atoms with Crippen LogP contribution in [0.3, 0.4) is 0 Å². The molecule has 3 amide bonds. The van der Waals surface area contributed by atoms with Crippen molar-refractivity contribution in [3.05, 3.63) is 70.8 Å². The van der Waals surface area contributed by atoms with Crippen LogP contribution in [0.4, 0.5) is 4.79 Å². The fourth-order valence-corrected chi connectivity index (χ4v) is 3.87. The Kier molecular flexibility index (Phi) is 9.87. The predicted octanol–water partition coefficient (Wildman–Crippen LogP) is 4.81. The number of benzene rings is 2. The summed E-state index contributed by atoms with van der Waals surface area (Å²) >= 11 is 0. The van der Waals surface area contributed by atoms with E-state index in [1.807, 2.05) is 69.3 Å². The summed E-state index contributed by atoms with van der Waals surface area (Å²) in [6.45, 7) is 13.5. The number of amides is 3.